The fourth-order valence-electron chi connectivity index (χ4n) is 3.23. The van der Waals surface area contributed by atoms with Crippen LogP contribution in [0, 0.1) is 19.8 Å². The van der Waals surface area contributed by atoms with E-state index in [1.54, 1.807) is 11.3 Å². The number of carbonyl (C=O) groups excluding carboxylic acids is 1. The van der Waals surface area contributed by atoms with Gasteiger partial charge in [-0.25, -0.2) is 15.0 Å². The summed E-state index contributed by atoms with van der Waals surface area (Å²) in [5.41, 5.74) is 2.19. The smallest absolute Gasteiger partial charge is 0.223 e. The van der Waals surface area contributed by atoms with Gasteiger partial charge in [-0.15, -0.1) is 11.3 Å². The van der Waals surface area contributed by atoms with Crippen molar-refractivity contribution in [3.8, 4) is 0 Å². The highest BCUT2D eigenvalue weighted by Gasteiger charge is 2.24. The highest BCUT2D eigenvalue weighted by molar-refractivity contribution is 7.15. The van der Waals surface area contributed by atoms with Crippen molar-refractivity contribution in [1.29, 1.82) is 0 Å². The third kappa shape index (κ3) is 4.58. The maximum atomic E-state index is 11.1. The molecule has 1 amide bonds. The van der Waals surface area contributed by atoms with E-state index in [4.69, 9.17) is 0 Å². The number of hydrogen-bond acceptors (Lipinski definition) is 6. The summed E-state index contributed by atoms with van der Waals surface area (Å²) < 4.78 is 0. The minimum Gasteiger partial charge on any atom is -0.302 e. The van der Waals surface area contributed by atoms with Gasteiger partial charge in [0, 0.05) is 42.5 Å². The molecule has 1 unspecified atom stereocenters. The molecule has 2 aromatic heterocycles. The van der Waals surface area contributed by atoms with Crippen LogP contribution in [0.1, 0.15) is 35.4 Å². The van der Waals surface area contributed by atoms with Crippen molar-refractivity contribution in [1.82, 2.24) is 19.9 Å². The lowest BCUT2D eigenvalue weighted by atomic mass is 10.0. The Kier molecular flexibility index (Phi) is 5.20. The molecule has 0 spiro atoms. The lowest BCUT2D eigenvalue weighted by Crippen LogP contribution is -2.20. The summed E-state index contributed by atoms with van der Waals surface area (Å²) in [7, 11) is 0. The molecule has 7 heteroatoms. The number of anilines is 1. The Labute approximate surface area is 146 Å². The molecule has 1 N–H and O–H groups in total. The minimum absolute atomic E-state index is 0.0763. The molecule has 0 bridgehead atoms. The summed E-state index contributed by atoms with van der Waals surface area (Å²) in [6.07, 6.45) is 4.07. The van der Waals surface area contributed by atoms with Crippen LogP contribution in [0.3, 0.4) is 0 Å². The molecule has 0 aliphatic carbocycles. The molecule has 3 heterocycles. The molecular weight excluding hydrogens is 322 g/mol. The van der Waals surface area contributed by atoms with Crippen LogP contribution in [-0.4, -0.2) is 38.8 Å². The Morgan fingerprint density at radius 2 is 2.25 bits per heavy atom. The average molecular weight is 345 g/mol. The first-order valence-corrected chi connectivity index (χ1v) is 9.05. The number of aromatic nitrogens is 3. The van der Waals surface area contributed by atoms with E-state index in [0.29, 0.717) is 11.0 Å². The first-order chi connectivity index (χ1) is 11.5. The molecule has 0 radical (unpaired) electrons. The zero-order valence-electron chi connectivity index (χ0n) is 14.4. The van der Waals surface area contributed by atoms with Gasteiger partial charge in [0.05, 0.1) is 0 Å². The maximum Gasteiger partial charge on any atom is 0.223 e. The van der Waals surface area contributed by atoms with Crippen LogP contribution < -0.4 is 5.32 Å². The van der Waals surface area contributed by atoms with Crippen LogP contribution in [0.5, 0.6) is 0 Å². The van der Waals surface area contributed by atoms with Gasteiger partial charge < -0.3 is 5.32 Å². The highest BCUT2D eigenvalue weighted by Crippen LogP contribution is 2.25. The maximum absolute atomic E-state index is 11.1. The molecule has 0 aromatic carbocycles. The lowest BCUT2D eigenvalue weighted by molar-refractivity contribution is -0.114. The van der Waals surface area contributed by atoms with Gasteiger partial charge >= 0.3 is 0 Å². The van der Waals surface area contributed by atoms with Gasteiger partial charge in [-0.1, -0.05) is 0 Å². The first kappa shape index (κ1) is 17.0. The molecule has 128 valence electrons. The Bertz CT molecular complexity index is 709. The lowest BCUT2D eigenvalue weighted by Gasteiger charge is -2.14. The zero-order chi connectivity index (χ0) is 17.1. The second-order valence-electron chi connectivity index (χ2n) is 6.45. The van der Waals surface area contributed by atoms with E-state index in [2.05, 4.69) is 31.2 Å². The zero-order valence-corrected chi connectivity index (χ0v) is 15.2. The van der Waals surface area contributed by atoms with Crippen LogP contribution >= 0.6 is 11.3 Å². The molecule has 0 saturated carbocycles. The fraction of sp³-hybridized carbons (Fsp3) is 0.529. The minimum atomic E-state index is -0.0763. The molecule has 2 aromatic rings. The number of rotatable bonds is 5. The van der Waals surface area contributed by atoms with Gasteiger partial charge in [-0.2, -0.15) is 0 Å². The first-order valence-electron chi connectivity index (χ1n) is 8.24. The molecule has 6 nitrogen and oxygen atoms in total. The Morgan fingerprint density at radius 3 is 3.00 bits per heavy atom. The SMILES string of the molecule is CC(=O)Nc1ncc(CN2CCC(Cc3cc(C)nc(C)n3)C2)s1. The number of aryl methyl sites for hydroxylation is 2. The van der Waals surface area contributed by atoms with E-state index in [9.17, 15) is 4.79 Å². The second kappa shape index (κ2) is 7.36. The van der Waals surface area contributed by atoms with Gasteiger partial charge in [-0.05, 0) is 45.2 Å². The van der Waals surface area contributed by atoms with Crippen LogP contribution in [0.4, 0.5) is 5.13 Å². The van der Waals surface area contributed by atoms with E-state index in [1.807, 2.05) is 20.0 Å². The van der Waals surface area contributed by atoms with Crippen molar-refractivity contribution in [3.05, 3.63) is 34.4 Å². The normalized spacial score (nSPS) is 18.0. The predicted molar refractivity (Wildman–Crippen MR) is 95.0 cm³/mol. The van der Waals surface area contributed by atoms with Gasteiger partial charge in [-0.3, -0.25) is 9.69 Å². The fourth-order valence-corrected chi connectivity index (χ4v) is 4.13. The summed E-state index contributed by atoms with van der Waals surface area (Å²) in [6, 6.07) is 2.10. The summed E-state index contributed by atoms with van der Waals surface area (Å²) in [6.45, 7) is 8.55. The Balaban J connectivity index is 1.53. The van der Waals surface area contributed by atoms with E-state index in [1.165, 1.54) is 18.2 Å². The van der Waals surface area contributed by atoms with Crippen LogP contribution in [0.25, 0.3) is 0 Å². The molecule has 1 aliphatic rings. The largest absolute Gasteiger partial charge is 0.302 e. The second-order valence-corrected chi connectivity index (χ2v) is 7.57. The molecule has 1 aliphatic heterocycles. The molecule has 1 saturated heterocycles. The van der Waals surface area contributed by atoms with Crippen LogP contribution in [-0.2, 0) is 17.8 Å². The van der Waals surface area contributed by atoms with Crippen molar-refractivity contribution in [2.24, 2.45) is 5.92 Å². The van der Waals surface area contributed by atoms with Crippen molar-refractivity contribution in [2.75, 3.05) is 18.4 Å². The summed E-state index contributed by atoms with van der Waals surface area (Å²) in [5.74, 6) is 1.42. The molecular formula is C17H23N5OS. The van der Waals surface area contributed by atoms with E-state index in [0.717, 1.165) is 43.3 Å². The number of amides is 1. The third-order valence-corrected chi connectivity index (χ3v) is 5.00. The topological polar surface area (TPSA) is 71.0 Å². The van der Waals surface area contributed by atoms with Crippen molar-refractivity contribution in [3.63, 3.8) is 0 Å². The molecule has 24 heavy (non-hydrogen) atoms. The number of likely N-dealkylation sites (tertiary alicyclic amines) is 1. The Morgan fingerprint density at radius 1 is 1.42 bits per heavy atom. The van der Waals surface area contributed by atoms with Crippen molar-refractivity contribution < 1.29 is 4.79 Å². The van der Waals surface area contributed by atoms with Crippen LogP contribution in [0.2, 0.25) is 0 Å². The highest BCUT2D eigenvalue weighted by atomic mass is 32.1. The predicted octanol–water partition coefficient (Wildman–Crippen LogP) is 2.57. The van der Waals surface area contributed by atoms with E-state index < -0.39 is 0 Å². The number of nitrogens with one attached hydrogen (secondary N) is 1. The number of thiazole rings is 1. The third-order valence-electron chi connectivity index (χ3n) is 4.10. The summed E-state index contributed by atoms with van der Waals surface area (Å²) >= 11 is 1.55. The van der Waals surface area contributed by atoms with Crippen molar-refractivity contribution in [2.45, 2.75) is 40.2 Å². The van der Waals surface area contributed by atoms with E-state index in [-0.39, 0.29) is 5.91 Å². The molecule has 1 atom stereocenters. The van der Waals surface area contributed by atoms with Gasteiger partial charge in [0.15, 0.2) is 5.13 Å². The van der Waals surface area contributed by atoms with Gasteiger partial charge in [0.25, 0.3) is 0 Å². The number of nitrogens with zero attached hydrogens (tertiary/aromatic N) is 4. The van der Waals surface area contributed by atoms with E-state index >= 15 is 0 Å². The Hall–Kier alpha value is -1.86. The molecule has 1 fully saturated rings. The summed E-state index contributed by atoms with van der Waals surface area (Å²) in [5, 5.41) is 3.42. The van der Waals surface area contributed by atoms with Crippen LogP contribution in [0.15, 0.2) is 12.3 Å². The summed E-state index contributed by atoms with van der Waals surface area (Å²) in [4.78, 5) is 27.9. The van der Waals surface area contributed by atoms with Crippen molar-refractivity contribution >= 4 is 22.4 Å². The number of hydrogen-bond donors (Lipinski definition) is 1. The molecule has 3 rings (SSSR count). The average Bonchev–Trinajstić information content (AvgIpc) is 3.07. The van der Waals surface area contributed by atoms with Gasteiger partial charge in [0.1, 0.15) is 5.82 Å². The standard InChI is InChI=1S/C17H23N5OS/c1-11-6-15(20-12(2)19-11)7-14-4-5-22(9-14)10-16-8-18-17(24-16)21-13(3)23/h6,8,14H,4-5,7,9-10H2,1-3H3,(H,18,21,23). The monoisotopic (exact) mass is 345 g/mol. The number of carbonyl (C=O) groups is 1. The quantitative estimate of drug-likeness (QED) is 0.902. The van der Waals surface area contributed by atoms with Gasteiger partial charge in [0.2, 0.25) is 5.91 Å².